The van der Waals surface area contributed by atoms with Crippen LogP contribution in [0.2, 0.25) is 0 Å². The number of nitrogens with one attached hydrogen (secondary N) is 2. The lowest BCUT2D eigenvalue weighted by Crippen LogP contribution is -2.68. The number of amides is 2. The Morgan fingerprint density at radius 1 is 1.46 bits per heavy atom. The van der Waals surface area contributed by atoms with E-state index in [1.165, 1.54) is 24.8 Å². The topological polar surface area (TPSA) is 68.2 Å². The van der Waals surface area contributed by atoms with Crippen LogP contribution >= 0.6 is 0 Å². The molecule has 0 unspecified atom stereocenters. The SMILES string of the molecule is CCO[C@@H]1C[C@@H](NC(=O)NCCCCc2cnn(C)c2)C12CCC2. The van der Waals surface area contributed by atoms with Gasteiger partial charge < -0.3 is 15.4 Å². The van der Waals surface area contributed by atoms with Crippen LogP contribution in [0.15, 0.2) is 12.4 Å². The summed E-state index contributed by atoms with van der Waals surface area (Å²) in [5.41, 5.74) is 1.48. The molecule has 1 heterocycles. The molecular weight excluding hydrogens is 304 g/mol. The number of hydrogen-bond donors (Lipinski definition) is 2. The van der Waals surface area contributed by atoms with Crippen LogP contribution in [-0.2, 0) is 18.2 Å². The fraction of sp³-hybridized carbons (Fsp3) is 0.778. The predicted octanol–water partition coefficient (Wildman–Crippen LogP) is 2.39. The first kappa shape index (κ1) is 17.3. The fourth-order valence-corrected chi connectivity index (χ4v) is 4.11. The Hall–Kier alpha value is -1.56. The first-order chi connectivity index (χ1) is 11.6. The summed E-state index contributed by atoms with van der Waals surface area (Å²) in [7, 11) is 1.93. The predicted molar refractivity (Wildman–Crippen MR) is 92.8 cm³/mol. The highest BCUT2D eigenvalue weighted by Gasteiger charge is 2.59. The van der Waals surface area contributed by atoms with Crippen molar-refractivity contribution in [1.29, 1.82) is 0 Å². The third-order valence-electron chi connectivity index (χ3n) is 5.68. The summed E-state index contributed by atoms with van der Waals surface area (Å²) in [6.07, 6.45) is 12.0. The molecule has 2 saturated carbocycles. The monoisotopic (exact) mass is 334 g/mol. The molecule has 1 aromatic heterocycles. The molecule has 0 saturated heterocycles. The van der Waals surface area contributed by atoms with Gasteiger partial charge >= 0.3 is 6.03 Å². The Balaban J connectivity index is 1.30. The zero-order valence-electron chi connectivity index (χ0n) is 14.9. The van der Waals surface area contributed by atoms with Crippen molar-refractivity contribution in [3.8, 4) is 0 Å². The van der Waals surface area contributed by atoms with Crippen molar-refractivity contribution >= 4 is 6.03 Å². The Morgan fingerprint density at radius 3 is 2.92 bits per heavy atom. The molecule has 0 radical (unpaired) electrons. The van der Waals surface area contributed by atoms with Crippen LogP contribution < -0.4 is 10.6 Å². The number of ether oxygens (including phenoxy) is 1. The largest absolute Gasteiger partial charge is 0.378 e. The first-order valence-corrected chi connectivity index (χ1v) is 9.27. The van der Waals surface area contributed by atoms with Crippen LogP contribution in [0.25, 0.3) is 0 Å². The Bertz CT molecular complexity index is 553. The molecule has 2 atom stereocenters. The van der Waals surface area contributed by atoms with Crippen LogP contribution in [0, 0.1) is 5.41 Å². The number of aromatic nitrogens is 2. The summed E-state index contributed by atoms with van der Waals surface area (Å²) in [5, 5.41) is 10.3. The van der Waals surface area contributed by atoms with Gasteiger partial charge in [0.1, 0.15) is 0 Å². The molecule has 6 heteroatoms. The van der Waals surface area contributed by atoms with Gasteiger partial charge in [-0.2, -0.15) is 5.10 Å². The molecule has 0 bridgehead atoms. The van der Waals surface area contributed by atoms with E-state index in [1.54, 1.807) is 0 Å². The van der Waals surface area contributed by atoms with Gasteiger partial charge in [-0.25, -0.2) is 4.79 Å². The average molecular weight is 334 g/mol. The molecule has 0 aliphatic heterocycles. The molecule has 2 aliphatic rings. The van der Waals surface area contributed by atoms with Gasteiger partial charge in [0.25, 0.3) is 0 Å². The van der Waals surface area contributed by atoms with Crippen LogP contribution in [0.4, 0.5) is 4.79 Å². The van der Waals surface area contributed by atoms with Crippen LogP contribution in [0.1, 0.15) is 51.0 Å². The second-order valence-corrected chi connectivity index (χ2v) is 7.20. The van der Waals surface area contributed by atoms with Crippen LogP contribution in [-0.4, -0.2) is 41.1 Å². The number of carbonyl (C=O) groups excluding carboxylic acids is 1. The van der Waals surface area contributed by atoms with Gasteiger partial charge in [0, 0.05) is 37.9 Å². The molecule has 2 aliphatic carbocycles. The maximum Gasteiger partial charge on any atom is 0.315 e. The minimum Gasteiger partial charge on any atom is -0.378 e. The lowest BCUT2D eigenvalue weighted by molar-refractivity contribution is -0.169. The number of nitrogens with zero attached hydrogens (tertiary/aromatic N) is 2. The van der Waals surface area contributed by atoms with Crippen molar-refractivity contribution in [1.82, 2.24) is 20.4 Å². The van der Waals surface area contributed by atoms with E-state index in [1.807, 2.05) is 31.0 Å². The zero-order chi connectivity index (χ0) is 17.0. The van der Waals surface area contributed by atoms with Crippen molar-refractivity contribution in [3.05, 3.63) is 18.0 Å². The minimum absolute atomic E-state index is 0.0254. The van der Waals surface area contributed by atoms with Crippen LogP contribution in [0.3, 0.4) is 0 Å². The van der Waals surface area contributed by atoms with Gasteiger partial charge in [-0.1, -0.05) is 6.42 Å². The van der Waals surface area contributed by atoms with E-state index in [0.717, 1.165) is 38.8 Å². The summed E-state index contributed by atoms with van der Waals surface area (Å²) in [5.74, 6) is 0. The maximum atomic E-state index is 12.1. The second kappa shape index (κ2) is 7.55. The molecule has 3 rings (SSSR count). The number of rotatable bonds is 8. The van der Waals surface area contributed by atoms with E-state index < -0.39 is 0 Å². The van der Waals surface area contributed by atoms with Gasteiger partial charge in [0.2, 0.25) is 0 Å². The van der Waals surface area contributed by atoms with E-state index >= 15 is 0 Å². The smallest absolute Gasteiger partial charge is 0.315 e. The number of unbranched alkanes of at least 4 members (excludes halogenated alkanes) is 1. The summed E-state index contributed by atoms with van der Waals surface area (Å²) in [4.78, 5) is 12.1. The van der Waals surface area contributed by atoms with Gasteiger partial charge in [-0.15, -0.1) is 0 Å². The summed E-state index contributed by atoms with van der Waals surface area (Å²) in [6.45, 7) is 3.54. The van der Waals surface area contributed by atoms with Crippen molar-refractivity contribution in [2.24, 2.45) is 12.5 Å². The zero-order valence-corrected chi connectivity index (χ0v) is 14.9. The summed E-state index contributed by atoms with van der Waals surface area (Å²) in [6, 6.07) is 0.265. The Morgan fingerprint density at radius 2 is 2.29 bits per heavy atom. The molecular formula is C18H30N4O2. The average Bonchev–Trinajstić information content (AvgIpc) is 2.89. The number of aryl methyl sites for hydroxylation is 2. The molecule has 2 amide bonds. The van der Waals surface area contributed by atoms with E-state index in [4.69, 9.17) is 4.74 Å². The van der Waals surface area contributed by atoms with Crippen molar-refractivity contribution in [2.45, 2.75) is 64.0 Å². The highest BCUT2D eigenvalue weighted by atomic mass is 16.5. The molecule has 24 heavy (non-hydrogen) atoms. The summed E-state index contributed by atoms with van der Waals surface area (Å²) < 4.78 is 7.65. The Labute approximate surface area is 144 Å². The number of urea groups is 1. The van der Waals surface area contributed by atoms with Crippen molar-refractivity contribution in [3.63, 3.8) is 0 Å². The normalized spacial score (nSPS) is 24.2. The number of hydrogen-bond acceptors (Lipinski definition) is 3. The van der Waals surface area contributed by atoms with Crippen molar-refractivity contribution < 1.29 is 9.53 Å². The number of carbonyl (C=O) groups is 1. The van der Waals surface area contributed by atoms with Crippen molar-refractivity contribution in [2.75, 3.05) is 13.2 Å². The quantitative estimate of drug-likeness (QED) is 0.717. The molecule has 6 nitrogen and oxygen atoms in total. The fourth-order valence-electron chi connectivity index (χ4n) is 4.11. The lowest BCUT2D eigenvalue weighted by atomic mass is 9.51. The van der Waals surface area contributed by atoms with E-state index in [-0.39, 0.29) is 17.5 Å². The molecule has 2 N–H and O–H groups in total. The second-order valence-electron chi connectivity index (χ2n) is 7.20. The molecule has 0 aromatic carbocycles. The summed E-state index contributed by atoms with van der Waals surface area (Å²) >= 11 is 0. The maximum absolute atomic E-state index is 12.1. The van der Waals surface area contributed by atoms with E-state index in [9.17, 15) is 4.79 Å². The highest BCUT2D eigenvalue weighted by molar-refractivity contribution is 5.74. The highest BCUT2D eigenvalue weighted by Crippen LogP contribution is 2.57. The van der Waals surface area contributed by atoms with Gasteiger partial charge in [-0.3, -0.25) is 4.68 Å². The molecule has 1 aromatic rings. The molecule has 2 fully saturated rings. The minimum atomic E-state index is -0.0254. The third-order valence-corrected chi connectivity index (χ3v) is 5.68. The van der Waals surface area contributed by atoms with E-state index in [0.29, 0.717) is 6.10 Å². The first-order valence-electron chi connectivity index (χ1n) is 9.27. The lowest BCUT2D eigenvalue weighted by Gasteiger charge is -2.60. The van der Waals surface area contributed by atoms with E-state index in [2.05, 4.69) is 15.7 Å². The third kappa shape index (κ3) is 3.58. The Kier molecular flexibility index (Phi) is 5.43. The van der Waals surface area contributed by atoms with Gasteiger partial charge in [0.15, 0.2) is 0 Å². The van der Waals surface area contributed by atoms with Crippen LogP contribution in [0.5, 0.6) is 0 Å². The van der Waals surface area contributed by atoms with Gasteiger partial charge in [0.05, 0.1) is 12.3 Å². The standard InChI is InChI=1S/C18H30N4O2/c1-3-24-16-11-15(18(16)8-6-9-18)21-17(23)19-10-5-4-7-14-12-20-22(2)13-14/h12-13,15-16H,3-11H2,1-2H3,(H2,19,21,23)/t15-,16-/m1/s1. The molecule has 134 valence electrons. The molecule has 1 spiro atoms. The van der Waals surface area contributed by atoms with Gasteiger partial charge in [-0.05, 0) is 51.0 Å².